The predicted molar refractivity (Wildman–Crippen MR) is 133 cm³/mol. The Labute approximate surface area is 205 Å². The quantitative estimate of drug-likeness (QED) is 0.535. The Hall–Kier alpha value is -3.52. The summed E-state index contributed by atoms with van der Waals surface area (Å²) in [6.07, 6.45) is 3.37. The molecule has 5 rings (SSSR count). The number of piperazine rings is 1. The molecule has 1 saturated carbocycles. The van der Waals surface area contributed by atoms with Crippen molar-refractivity contribution in [3.63, 3.8) is 0 Å². The second-order valence-corrected chi connectivity index (χ2v) is 9.15. The van der Waals surface area contributed by atoms with E-state index >= 15 is 0 Å². The lowest BCUT2D eigenvalue weighted by Crippen LogP contribution is -2.56. The van der Waals surface area contributed by atoms with Crippen LogP contribution in [0.15, 0.2) is 48.5 Å². The smallest absolute Gasteiger partial charge is 0.272 e. The number of rotatable bonds is 8. The van der Waals surface area contributed by atoms with Crippen molar-refractivity contribution in [3.05, 3.63) is 59.8 Å². The largest absolute Gasteiger partial charge is 0.493 e. The Bertz CT molecular complexity index is 1150. The minimum absolute atomic E-state index is 0.0208. The summed E-state index contributed by atoms with van der Waals surface area (Å²) in [7, 11) is 4.73. The molecule has 0 bridgehead atoms. The van der Waals surface area contributed by atoms with E-state index in [4.69, 9.17) is 14.2 Å². The van der Waals surface area contributed by atoms with E-state index in [0.29, 0.717) is 41.2 Å². The number of nitrogens with one attached hydrogen (secondary N) is 1. The first-order valence-electron chi connectivity index (χ1n) is 12.1. The molecule has 1 aromatic heterocycles. The topological polar surface area (TPSA) is 79.9 Å². The Morgan fingerprint density at radius 2 is 1.71 bits per heavy atom. The summed E-state index contributed by atoms with van der Waals surface area (Å²) in [5.41, 5.74) is 3.14. The van der Waals surface area contributed by atoms with Gasteiger partial charge in [0.2, 0.25) is 5.75 Å². The van der Waals surface area contributed by atoms with Gasteiger partial charge in [0.1, 0.15) is 5.69 Å². The van der Waals surface area contributed by atoms with Crippen LogP contribution in [0.4, 0.5) is 0 Å². The summed E-state index contributed by atoms with van der Waals surface area (Å²) in [5.74, 6) is 1.57. The first-order valence-corrected chi connectivity index (χ1v) is 12.1. The number of amides is 1. The molecule has 1 saturated heterocycles. The molecule has 35 heavy (non-hydrogen) atoms. The summed E-state index contributed by atoms with van der Waals surface area (Å²) in [6.45, 7) is 2.53. The highest BCUT2D eigenvalue weighted by molar-refractivity contribution is 5.94. The van der Waals surface area contributed by atoms with Crippen LogP contribution < -0.4 is 14.2 Å². The van der Waals surface area contributed by atoms with Crippen molar-refractivity contribution in [2.75, 3.05) is 41.0 Å². The van der Waals surface area contributed by atoms with Gasteiger partial charge in [0.15, 0.2) is 11.5 Å². The summed E-state index contributed by atoms with van der Waals surface area (Å²) >= 11 is 0. The number of aromatic amines is 1. The van der Waals surface area contributed by atoms with E-state index in [9.17, 15) is 4.79 Å². The van der Waals surface area contributed by atoms with E-state index in [2.05, 4.69) is 39.4 Å². The minimum atomic E-state index is -0.0208. The Morgan fingerprint density at radius 1 is 1.00 bits per heavy atom. The molecule has 184 valence electrons. The molecule has 1 N–H and O–H groups in total. The third-order valence-corrected chi connectivity index (χ3v) is 6.92. The molecule has 1 atom stereocenters. The molecule has 8 nitrogen and oxygen atoms in total. The molecule has 2 fully saturated rings. The number of carbonyl (C=O) groups is 1. The molecule has 2 aromatic carbocycles. The van der Waals surface area contributed by atoms with Gasteiger partial charge in [-0.25, -0.2) is 0 Å². The first kappa shape index (κ1) is 23.2. The molecule has 8 heteroatoms. The third-order valence-electron chi connectivity index (χ3n) is 6.92. The highest BCUT2D eigenvalue weighted by Gasteiger charge is 2.37. The number of aromatic nitrogens is 2. The van der Waals surface area contributed by atoms with Crippen molar-refractivity contribution in [1.82, 2.24) is 20.0 Å². The molecular formula is C27H32N4O4. The van der Waals surface area contributed by atoms with Crippen LogP contribution in [0.2, 0.25) is 0 Å². The van der Waals surface area contributed by atoms with E-state index in [-0.39, 0.29) is 11.9 Å². The van der Waals surface area contributed by atoms with Gasteiger partial charge in [0.25, 0.3) is 5.91 Å². The Balaban J connectivity index is 1.39. The summed E-state index contributed by atoms with van der Waals surface area (Å²) in [6, 6.07) is 16.7. The zero-order chi connectivity index (χ0) is 24.4. The van der Waals surface area contributed by atoms with Gasteiger partial charge < -0.3 is 19.1 Å². The van der Waals surface area contributed by atoms with E-state index in [1.807, 2.05) is 23.1 Å². The van der Waals surface area contributed by atoms with Gasteiger partial charge in [0, 0.05) is 37.3 Å². The molecule has 0 spiro atoms. The van der Waals surface area contributed by atoms with Crippen molar-refractivity contribution in [3.8, 4) is 28.5 Å². The van der Waals surface area contributed by atoms with E-state index in [0.717, 1.165) is 25.1 Å². The number of H-pyrrole nitrogens is 1. The normalized spacial score (nSPS) is 18.4. The fourth-order valence-electron chi connectivity index (χ4n) is 4.94. The standard InChI is InChI=1S/C27H32N4O4/c1-33-24-14-19(15-25(34-2)26(24)35-3)22-16-23(29-28-22)27(32)31-12-11-30(20-9-10-20)17-21(31)13-18-7-5-4-6-8-18/h4-8,14-16,20-21H,9-13,17H2,1-3H3,(H,28,29). The second kappa shape index (κ2) is 10.00. The minimum Gasteiger partial charge on any atom is -0.493 e. The lowest BCUT2D eigenvalue weighted by Gasteiger charge is -2.41. The van der Waals surface area contributed by atoms with E-state index < -0.39 is 0 Å². The van der Waals surface area contributed by atoms with Crippen LogP contribution in [0.3, 0.4) is 0 Å². The monoisotopic (exact) mass is 476 g/mol. The highest BCUT2D eigenvalue weighted by atomic mass is 16.5. The molecule has 3 aromatic rings. The molecular weight excluding hydrogens is 444 g/mol. The van der Waals surface area contributed by atoms with Gasteiger partial charge in [-0.05, 0) is 43.0 Å². The molecule has 1 aliphatic heterocycles. The van der Waals surface area contributed by atoms with Crippen LogP contribution in [-0.4, -0.2) is 79.0 Å². The lowest BCUT2D eigenvalue weighted by atomic mass is 10.0. The first-order chi connectivity index (χ1) is 17.1. The Morgan fingerprint density at radius 3 is 2.34 bits per heavy atom. The number of ether oxygens (including phenoxy) is 3. The van der Waals surface area contributed by atoms with Crippen molar-refractivity contribution in [2.45, 2.75) is 31.3 Å². The SMILES string of the molecule is COc1cc(-c2cc(C(=O)N3CCN(C4CC4)CC3Cc3ccccc3)[nH]n2)cc(OC)c1OC. The van der Waals surface area contributed by atoms with Gasteiger partial charge in [-0.3, -0.25) is 14.8 Å². The van der Waals surface area contributed by atoms with E-state index in [1.54, 1.807) is 27.4 Å². The van der Waals surface area contributed by atoms with Gasteiger partial charge in [-0.2, -0.15) is 5.10 Å². The number of methoxy groups -OCH3 is 3. The maximum absolute atomic E-state index is 13.7. The number of nitrogens with zero attached hydrogens (tertiary/aromatic N) is 3. The average molecular weight is 477 g/mol. The van der Waals surface area contributed by atoms with Crippen LogP contribution in [0.1, 0.15) is 28.9 Å². The molecule has 1 aliphatic carbocycles. The van der Waals surface area contributed by atoms with Crippen LogP contribution in [0.25, 0.3) is 11.3 Å². The van der Waals surface area contributed by atoms with Gasteiger partial charge in [0.05, 0.1) is 27.0 Å². The fraction of sp³-hybridized carbons (Fsp3) is 0.407. The van der Waals surface area contributed by atoms with Crippen LogP contribution >= 0.6 is 0 Å². The summed E-state index contributed by atoms with van der Waals surface area (Å²) in [4.78, 5) is 18.2. The third kappa shape index (κ3) is 4.84. The number of hydrogen-bond acceptors (Lipinski definition) is 6. The summed E-state index contributed by atoms with van der Waals surface area (Å²) in [5, 5.41) is 7.40. The maximum atomic E-state index is 13.7. The zero-order valence-electron chi connectivity index (χ0n) is 20.5. The molecule has 1 amide bonds. The van der Waals surface area contributed by atoms with Gasteiger partial charge >= 0.3 is 0 Å². The predicted octanol–water partition coefficient (Wildman–Crippen LogP) is 3.63. The summed E-state index contributed by atoms with van der Waals surface area (Å²) < 4.78 is 16.4. The van der Waals surface area contributed by atoms with Crippen molar-refractivity contribution in [1.29, 1.82) is 0 Å². The number of hydrogen-bond donors (Lipinski definition) is 1. The zero-order valence-corrected chi connectivity index (χ0v) is 20.5. The van der Waals surface area contributed by atoms with Crippen LogP contribution in [0, 0.1) is 0 Å². The Kier molecular flexibility index (Phi) is 6.63. The molecule has 0 radical (unpaired) electrons. The maximum Gasteiger partial charge on any atom is 0.272 e. The van der Waals surface area contributed by atoms with Crippen molar-refractivity contribution in [2.24, 2.45) is 0 Å². The van der Waals surface area contributed by atoms with E-state index in [1.165, 1.54) is 18.4 Å². The van der Waals surface area contributed by atoms with Gasteiger partial charge in [-0.1, -0.05) is 30.3 Å². The molecule has 2 aliphatic rings. The van der Waals surface area contributed by atoms with Crippen LogP contribution in [0.5, 0.6) is 17.2 Å². The average Bonchev–Trinajstić information content (AvgIpc) is 3.64. The van der Waals surface area contributed by atoms with Crippen LogP contribution in [-0.2, 0) is 6.42 Å². The highest BCUT2D eigenvalue weighted by Crippen LogP contribution is 2.41. The molecule has 1 unspecified atom stereocenters. The number of benzene rings is 2. The molecule has 2 heterocycles. The fourth-order valence-corrected chi connectivity index (χ4v) is 4.94. The van der Waals surface area contributed by atoms with Crippen molar-refractivity contribution >= 4 is 5.91 Å². The second-order valence-electron chi connectivity index (χ2n) is 9.15. The van der Waals surface area contributed by atoms with Crippen molar-refractivity contribution < 1.29 is 19.0 Å². The number of carbonyl (C=O) groups excluding carboxylic acids is 1. The lowest BCUT2D eigenvalue weighted by molar-refractivity contribution is 0.0432. The van der Waals surface area contributed by atoms with Gasteiger partial charge in [-0.15, -0.1) is 0 Å².